The molecule has 0 aromatic heterocycles. The second kappa shape index (κ2) is 9.98. The quantitative estimate of drug-likeness (QED) is 0.387. The zero-order valence-corrected chi connectivity index (χ0v) is 18.0. The molecule has 0 bridgehead atoms. The summed E-state index contributed by atoms with van der Waals surface area (Å²) in [7, 11) is 1.67. The maximum absolute atomic E-state index is 6.06. The van der Waals surface area contributed by atoms with Gasteiger partial charge < -0.3 is 14.8 Å². The van der Waals surface area contributed by atoms with Crippen LogP contribution in [0.15, 0.2) is 77.8 Å². The van der Waals surface area contributed by atoms with E-state index in [0.29, 0.717) is 5.92 Å². The predicted octanol–water partition coefficient (Wildman–Crippen LogP) is 6.95. The third-order valence-electron chi connectivity index (χ3n) is 5.20. The van der Waals surface area contributed by atoms with Crippen LogP contribution in [0.25, 0.3) is 6.08 Å². The van der Waals surface area contributed by atoms with E-state index in [1.807, 2.05) is 54.6 Å². The minimum absolute atomic E-state index is 0.681. The molecule has 4 rings (SSSR count). The Morgan fingerprint density at radius 3 is 2.58 bits per heavy atom. The summed E-state index contributed by atoms with van der Waals surface area (Å²) in [6.07, 6.45) is 8.25. The van der Waals surface area contributed by atoms with E-state index < -0.39 is 0 Å². The van der Waals surface area contributed by atoms with Gasteiger partial charge in [0.25, 0.3) is 0 Å². The highest BCUT2D eigenvalue weighted by atomic mass is 16.5. The Balaban J connectivity index is 1.48. The molecule has 1 saturated carbocycles. The van der Waals surface area contributed by atoms with Crippen LogP contribution in [0.1, 0.15) is 24.0 Å². The van der Waals surface area contributed by atoms with Crippen LogP contribution in [0.4, 0.5) is 17.1 Å². The number of methoxy groups -OCH3 is 1. The molecule has 1 aliphatic rings. The van der Waals surface area contributed by atoms with Crippen molar-refractivity contribution in [1.82, 2.24) is 0 Å². The number of anilines is 2. The fourth-order valence-corrected chi connectivity index (χ4v) is 3.22. The van der Waals surface area contributed by atoms with Crippen LogP contribution in [0.2, 0.25) is 0 Å². The monoisotopic (exact) mass is 412 g/mol. The summed E-state index contributed by atoms with van der Waals surface area (Å²) in [5.41, 5.74) is 5.10. The molecule has 1 aliphatic carbocycles. The Morgan fingerprint density at radius 2 is 1.81 bits per heavy atom. The van der Waals surface area contributed by atoms with Gasteiger partial charge in [0.1, 0.15) is 0 Å². The number of nitrogens with zero attached hydrogens (tertiary/aromatic N) is 1. The zero-order chi connectivity index (χ0) is 21.5. The summed E-state index contributed by atoms with van der Waals surface area (Å²) in [6, 6.07) is 22.3. The normalized spacial score (nSPS) is 13.6. The van der Waals surface area contributed by atoms with Gasteiger partial charge >= 0.3 is 0 Å². The van der Waals surface area contributed by atoms with Gasteiger partial charge in [-0.3, -0.25) is 4.99 Å². The Morgan fingerprint density at radius 1 is 1.00 bits per heavy atom. The number of nitrogens with one attached hydrogen (secondary N) is 1. The first-order valence-corrected chi connectivity index (χ1v) is 10.7. The van der Waals surface area contributed by atoms with Crippen molar-refractivity contribution in [1.29, 1.82) is 0 Å². The van der Waals surface area contributed by atoms with E-state index in [-0.39, 0.29) is 0 Å². The third kappa shape index (κ3) is 5.76. The number of aryl methyl sites for hydroxylation is 1. The third-order valence-corrected chi connectivity index (χ3v) is 5.20. The molecular formula is C27H28N2O2. The first-order valence-electron chi connectivity index (χ1n) is 10.7. The molecule has 31 heavy (non-hydrogen) atoms. The number of ether oxygens (including phenoxy) is 2. The summed E-state index contributed by atoms with van der Waals surface area (Å²) >= 11 is 0. The fraction of sp³-hybridized carbons (Fsp3) is 0.222. The molecule has 3 aromatic carbocycles. The molecule has 0 radical (unpaired) electrons. The van der Waals surface area contributed by atoms with Crippen LogP contribution in [-0.2, 0) is 0 Å². The van der Waals surface area contributed by atoms with Crippen molar-refractivity contribution in [2.75, 3.05) is 19.0 Å². The van der Waals surface area contributed by atoms with E-state index in [2.05, 4.69) is 41.5 Å². The first kappa shape index (κ1) is 20.7. The van der Waals surface area contributed by atoms with E-state index in [1.165, 1.54) is 18.4 Å². The van der Waals surface area contributed by atoms with Gasteiger partial charge in [-0.2, -0.15) is 0 Å². The standard InChI is InChI=1S/C27H28N2O2/c1-20-12-16-23(17-13-20)29-25-10-4-3-9-24(25)28-18-6-8-22-7-5-11-26(30-2)27(22)31-19-21-14-15-21/h3-13,16-18,21,29H,14-15,19H2,1-2H3/b8-6+,28-18?. The van der Waals surface area contributed by atoms with Crippen molar-refractivity contribution in [2.24, 2.45) is 10.9 Å². The smallest absolute Gasteiger partial charge is 0.168 e. The number of rotatable bonds is 9. The highest BCUT2D eigenvalue weighted by Gasteiger charge is 2.23. The lowest BCUT2D eigenvalue weighted by molar-refractivity contribution is 0.280. The van der Waals surface area contributed by atoms with Gasteiger partial charge in [-0.1, -0.05) is 42.0 Å². The van der Waals surface area contributed by atoms with E-state index in [9.17, 15) is 0 Å². The molecule has 0 amide bonds. The van der Waals surface area contributed by atoms with Gasteiger partial charge in [0, 0.05) is 17.5 Å². The fourth-order valence-electron chi connectivity index (χ4n) is 3.22. The lowest BCUT2D eigenvalue weighted by Crippen LogP contribution is -2.02. The molecule has 0 unspecified atom stereocenters. The number of benzene rings is 3. The van der Waals surface area contributed by atoms with Crippen molar-refractivity contribution in [3.05, 3.63) is 83.9 Å². The molecule has 0 atom stereocenters. The van der Waals surface area contributed by atoms with E-state index in [0.717, 1.165) is 40.7 Å². The summed E-state index contributed by atoms with van der Waals surface area (Å²) in [5.74, 6) is 2.23. The van der Waals surface area contributed by atoms with Crippen LogP contribution in [0.5, 0.6) is 11.5 Å². The number of para-hydroxylation sites is 3. The molecule has 4 heteroatoms. The molecule has 0 spiro atoms. The average Bonchev–Trinajstić information content (AvgIpc) is 3.62. The van der Waals surface area contributed by atoms with E-state index in [1.54, 1.807) is 13.3 Å². The molecule has 0 heterocycles. The average molecular weight is 413 g/mol. The maximum Gasteiger partial charge on any atom is 0.168 e. The van der Waals surface area contributed by atoms with Crippen LogP contribution >= 0.6 is 0 Å². The van der Waals surface area contributed by atoms with Crippen molar-refractivity contribution in [2.45, 2.75) is 19.8 Å². The topological polar surface area (TPSA) is 42.8 Å². The largest absolute Gasteiger partial charge is 0.493 e. The Bertz CT molecular complexity index is 1070. The zero-order valence-electron chi connectivity index (χ0n) is 18.0. The molecule has 1 N–H and O–H groups in total. The van der Waals surface area contributed by atoms with Crippen LogP contribution in [0.3, 0.4) is 0 Å². The van der Waals surface area contributed by atoms with Gasteiger partial charge in [0.2, 0.25) is 0 Å². The number of hydrogen-bond acceptors (Lipinski definition) is 4. The maximum atomic E-state index is 6.06. The first-order chi connectivity index (χ1) is 15.2. The van der Waals surface area contributed by atoms with Crippen LogP contribution in [-0.4, -0.2) is 19.9 Å². The Kier molecular flexibility index (Phi) is 6.68. The molecule has 0 aliphatic heterocycles. The summed E-state index contributed by atoms with van der Waals surface area (Å²) in [4.78, 5) is 4.65. The van der Waals surface area contributed by atoms with Crippen LogP contribution in [0, 0.1) is 12.8 Å². The van der Waals surface area contributed by atoms with Gasteiger partial charge in [-0.15, -0.1) is 0 Å². The van der Waals surface area contributed by atoms with Crippen molar-refractivity contribution in [3.63, 3.8) is 0 Å². The lowest BCUT2D eigenvalue weighted by Gasteiger charge is -2.13. The highest BCUT2D eigenvalue weighted by Crippen LogP contribution is 2.35. The summed E-state index contributed by atoms with van der Waals surface area (Å²) in [5, 5.41) is 3.44. The highest BCUT2D eigenvalue weighted by molar-refractivity contribution is 5.84. The van der Waals surface area contributed by atoms with Crippen LogP contribution < -0.4 is 14.8 Å². The summed E-state index contributed by atoms with van der Waals surface area (Å²) < 4.78 is 11.6. The predicted molar refractivity (Wildman–Crippen MR) is 129 cm³/mol. The molecule has 3 aromatic rings. The van der Waals surface area contributed by atoms with Gasteiger partial charge in [-0.25, -0.2) is 0 Å². The van der Waals surface area contributed by atoms with Gasteiger partial charge in [0.05, 0.1) is 25.1 Å². The van der Waals surface area contributed by atoms with Gasteiger partial charge in [0.15, 0.2) is 11.5 Å². The second-order valence-electron chi connectivity index (χ2n) is 7.78. The number of aliphatic imine (C=N–C) groups is 1. The van der Waals surface area contributed by atoms with Crippen molar-refractivity contribution >= 4 is 29.4 Å². The van der Waals surface area contributed by atoms with Crippen molar-refractivity contribution < 1.29 is 9.47 Å². The SMILES string of the molecule is COc1cccc(/C=C/C=Nc2ccccc2Nc2ccc(C)cc2)c1OCC1CC1. The molecule has 4 nitrogen and oxygen atoms in total. The molecule has 158 valence electrons. The molecule has 1 fully saturated rings. The number of hydrogen-bond donors (Lipinski definition) is 1. The number of allylic oxidation sites excluding steroid dienone is 1. The minimum atomic E-state index is 0.681. The Hall–Kier alpha value is -3.53. The second-order valence-corrected chi connectivity index (χ2v) is 7.78. The lowest BCUT2D eigenvalue weighted by atomic mass is 10.1. The van der Waals surface area contributed by atoms with E-state index in [4.69, 9.17) is 9.47 Å². The summed E-state index contributed by atoms with van der Waals surface area (Å²) in [6.45, 7) is 2.83. The van der Waals surface area contributed by atoms with Crippen molar-refractivity contribution in [3.8, 4) is 11.5 Å². The van der Waals surface area contributed by atoms with E-state index >= 15 is 0 Å². The Labute approximate surface area is 184 Å². The van der Waals surface area contributed by atoms with Gasteiger partial charge in [-0.05, 0) is 68.2 Å². The molecule has 0 saturated heterocycles. The molecular weight excluding hydrogens is 384 g/mol. The minimum Gasteiger partial charge on any atom is -0.493 e.